The third-order valence-corrected chi connectivity index (χ3v) is 6.27. The van der Waals surface area contributed by atoms with Crippen LogP contribution < -0.4 is 4.74 Å². The number of nitrogens with one attached hydrogen (secondary N) is 1. The molecule has 0 saturated carbocycles. The van der Waals surface area contributed by atoms with Crippen LogP contribution in [0.4, 0.5) is 0 Å². The highest BCUT2D eigenvalue weighted by molar-refractivity contribution is 8.26. The second-order valence-corrected chi connectivity index (χ2v) is 8.64. The zero-order chi connectivity index (χ0) is 22.3. The van der Waals surface area contributed by atoms with Crippen molar-refractivity contribution in [2.45, 2.75) is 40.5 Å². The number of methoxy groups -OCH3 is 1. The molecular formula is C23H25N5O2S. The van der Waals surface area contributed by atoms with Crippen molar-refractivity contribution in [2.75, 3.05) is 7.11 Å². The SMILES string of the molecule is CCCC1=NN2C(=N)/C(=C/c3cc(C)n(-c4cc(C)ccc4OC)c3C)C(=O)N=C2S1. The zero-order valence-corrected chi connectivity index (χ0v) is 19.1. The molecule has 4 rings (SSSR count). The van der Waals surface area contributed by atoms with E-state index in [9.17, 15) is 4.79 Å². The third kappa shape index (κ3) is 3.72. The van der Waals surface area contributed by atoms with Crippen LogP contribution in [0.2, 0.25) is 0 Å². The third-order valence-electron chi connectivity index (χ3n) is 5.31. The van der Waals surface area contributed by atoms with Gasteiger partial charge in [-0.05, 0) is 80.8 Å². The number of carbonyl (C=O) groups is 1. The molecule has 0 spiro atoms. The summed E-state index contributed by atoms with van der Waals surface area (Å²) in [4.78, 5) is 16.9. The summed E-state index contributed by atoms with van der Waals surface area (Å²) in [5, 5.41) is 15.9. The van der Waals surface area contributed by atoms with Crippen molar-refractivity contribution in [1.29, 1.82) is 5.41 Å². The van der Waals surface area contributed by atoms with Crippen molar-refractivity contribution in [3.8, 4) is 11.4 Å². The maximum Gasteiger partial charge on any atom is 0.283 e. The van der Waals surface area contributed by atoms with Gasteiger partial charge in [-0.2, -0.15) is 15.1 Å². The minimum atomic E-state index is -0.408. The second-order valence-electron chi connectivity index (χ2n) is 7.60. The summed E-state index contributed by atoms with van der Waals surface area (Å²) in [7, 11) is 1.66. The molecule has 2 aliphatic rings. The number of nitrogens with zero attached hydrogens (tertiary/aromatic N) is 4. The van der Waals surface area contributed by atoms with E-state index in [1.165, 1.54) is 16.8 Å². The van der Waals surface area contributed by atoms with Gasteiger partial charge >= 0.3 is 0 Å². The van der Waals surface area contributed by atoms with E-state index in [0.29, 0.717) is 5.17 Å². The number of ether oxygens (including phenoxy) is 1. The van der Waals surface area contributed by atoms with Gasteiger partial charge in [0.1, 0.15) is 10.8 Å². The Morgan fingerprint density at radius 1 is 1.23 bits per heavy atom. The Morgan fingerprint density at radius 2 is 2.00 bits per heavy atom. The summed E-state index contributed by atoms with van der Waals surface area (Å²) in [6.07, 6.45) is 3.50. The molecule has 7 nitrogen and oxygen atoms in total. The maximum absolute atomic E-state index is 12.7. The predicted molar refractivity (Wildman–Crippen MR) is 126 cm³/mol. The van der Waals surface area contributed by atoms with E-state index in [-0.39, 0.29) is 11.4 Å². The minimum absolute atomic E-state index is 0.0616. The highest BCUT2D eigenvalue weighted by atomic mass is 32.2. The average molecular weight is 436 g/mol. The largest absolute Gasteiger partial charge is 0.495 e. The van der Waals surface area contributed by atoms with Crippen LogP contribution in [0, 0.1) is 26.2 Å². The lowest BCUT2D eigenvalue weighted by Gasteiger charge is -2.20. The first-order valence-corrected chi connectivity index (χ1v) is 11.0. The van der Waals surface area contributed by atoms with E-state index in [4.69, 9.17) is 10.1 Å². The minimum Gasteiger partial charge on any atom is -0.495 e. The monoisotopic (exact) mass is 435 g/mol. The van der Waals surface area contributed by atoms with Crippen molar-refractivity contribution in [2.24, 2.45) is 10.1 Å². The summed E-state index contributed by atoms with van der Waals surface area (Å²) in [5.41, 5.74) is 5.13. The summed E-state index contributed by atoms with van der Waals surface area (Å²) in [6.45, 7) is 8.12. The molecule has 160 valence electrons. The molecule has 0 unspecified atom stereocenters. The fraction of sp³-hybridized carbons (Fsp3) is 0.304. The number of carbonyl (C=O) groups excluding carboxylic acids is 1. The molecule has 31 heavy (non-hydrogen) atoms. The van der Waals surface area contributed by atoms with Crippen molar-refractivity contribution < 1.29 is 9.53 Å². The molecule has 0 saturated heterocycles. The number of fused-ring (bicyclic) bond motifs is 1. The van der Waals surface area contributed by atoms with Crippen LogP contribution >= 0.6 is 11.8 Å². The molecule has 0 atom stereocenters. The molecule has 1 aromatic carbocycles. The molecule has 1 amide bonds. The predicted octanol–water partition coefficient (Wildman–Crippen LogP) is 4.83. The Balaban J connectivity index is 1.76. The first kappa shape index (κ1) is 21.1. The summed E-state index contributed by atoms with van der Waals surface area (Å²) in [6, 6.07) is 8.05. The van der Waals surface area contributed by atoms with Crippen LogP contribution in [-0.4, -0.2) is 38.6 Å². The smallest absolute Gasteiger partial charge is 0.283 e. The van der Waals surface area contributed by atoms with Crippen LogP contribution in [-0.2, 0) is 4.79 Å². The number of amidine groups is 2. The fourth-order valence-electron chi connectivity index (χ4n) is 3.78. The number of rotatable bonds is 5. The van der Waals surface area contributed by atoms with Crippen molar-refractivity contribution in [3.05, 3.63) is 52.4 Å². The zero-order valence-electron chi connectivity index (χ0n) is 18.3. The van der Waals surface area contributed by atoms with Crippen LogP contribution in [0.5, 0.6) is 5.75 Å². The van der Waals surface area contributed by atoms with Gasteiger partial charge in [-0.15, -0.1) is 0 Å². The van der Waals surface area contributed by atoms with Gasteiger partial charge in [0.05, 0.1) is 18.4 Å². The summed E-state index contributed by atoms with van der Waals surface area (Å²) < 4.78 is 7.67. The number of hydrazone groups is 1. The number of hydrogen-bond acceptors (Lipinski definition) is 5. The Hall–Kier alpha value is -3.13. The molecule has 2 aromatic rings. The molecule has 1 N–H and O–H groups in total. The number of aliphatic imine (C=N–C) groups is 1. The maximum atomic E-state index is 12.7. The van der Waals surface area contributed by atoms with E-state index >= 15 is 0 Å². The van der Waals surface area contributed by atoms with Gasteiger partial charge in [0.25, 0.3) is 5.91 Å². The first-order chi connectivity index (χ1) is 14.8. The lowest BCUT2D eigenvalue weighted by Crippen LogP contribution is -2.35. The molecule has 1 aromatic heterocycles. The first-order valence-electron chi connectivity index (χ1n) is 10.2. The number of benzene rings is 1. The Kier molecular flexibility index (Phi) is 5.58. The van der Waals surface area contributed by atoms with E-state index in [0.717, 1.165) is 51.8 Å². The molecule has 8 heteroatoms. The van der Waals surface area contributed by atoms with Crippen molar-refractivity contribution >= 4 is 39.8 Å². The second kappa shape index (κ2) is 8.19. The van der Waals surface area contributed by atoms with Gasteiger partial charge in [-0.1, -0.05) is 13.0 Å². The quantitative estimate of drug-likeness (QED) is 0.682. The van der Waals surface area contributed by atoms with Gasteiger partial charge in [0, 0.05) is 11.4 Å². The Morgan fingerprint density at radius 3 is 2.71 bits per heavy atom. The normalized spacial score (nSPS) is 17.2. The van der Waals surface area contributed by atoms with E-state index in [1.807, 2.05) is 39.0 Å². The lowest BCUT2D eigenvalue weighted by atomic mass is 10.1. The molecular weight excluding hydrogens is 410 g/mol. The topological polar surface area (TPSA) is 83.0 Å². The molecule has 2 aliphatic heterocycles. The molecule has 0 aliphatic carbocycles. The fourth-order valence-corrected chi connectivity index (χ4v) is 4.77. The van der Waals surface area contributed by atoms with Gasteiger partial charge in [0.15, 0.2) is 5.84 Å². The van der Waals surface area contributed by atoms with E-state index in [2.05, 4.69) is 27.7 Å². The van der Waals surface area contributed by atoms with Crippen LogP contribution in [0.3, 0.4) is 0 Å². The standard InChI is InChI=1S/C23H25N5O2S/c1-6-7-20-26-28-21(24)17(22(29)25-23(28)31-20)12-16-11-14(3)27(15(16)4)18-10-13(2)8-9-19(18)30-5/h8-12,24H,6-7H2,1-5H3/b17-12-,24-21?. The van der Waals surface area contributed by atoms with Gasteiger partial charge < -0.3 is 9.30 Å². The molecule has 0 radical (unpaired) electrons. The lowest BCUT2D eigenvalue weighted by molar-refractivity contribution is -0.114. The Labute approximate surface area is 186 Å². The summed E-state index contributed by atoms with van der Waals surface area (Å²) in [5.74, 6) is 0.426. The van der Waals surface area contributed by atoms with Gasteiger partial charge in [0.2, 0.25) is 5.17 Å². The summed E-state index contributed by atoms with van der Waals surface area (Å²) >= 11 is 1.37. The van der Waals surface area contributed by atoms with Crippen LogP contribution in [0.15, 0.2) is 39.9 Å². The highest BCUT2D eigenvalue weighted by Crippen LogP contribution is 2.32. The number of amides is 1. The van der Waals surface area contributed by atoms with Gasteiger partial charge in [-0.3, -0.25) is 10.2 Å². The van der Waals surface area contributed by atoms with E-state index < -0.39 is 5.91 Å². The molecule has 0 bridgehead atoms. The molecule has 3 heterocycles. The number of thioether (sulfide) groups is 1. The highest BCUT2D eigenvalue weighted by Gasteiger charge is 2.35. The average Bonchev–Trinajstić information content (AvgIpc) is 3.25. The molecule has 0 fully saturated rings. The van der Waals surface area contributed by atoms with E-state index in [1.54, 1.807) is 13.2 Å². The van der Waals surface area contributed by atoms with Gasteiger partial charge in [-0.25, -0.2) is 0 Å². The van der Waals surface area contributed by atoms with Crippen LogP contribution in [0.1, 0.15) is 42.3 Å². The Bertz CT molecular complexity index is 1190. The number of aryl methyl sites for hydroxylation is 2. The van der Waals surface area contributed by atoms with Crippen LogP contribution in [0.25, 0.3) is 11.8 Å². The van der Waals surface area contributed by atoms with Crippen molar-refractivity contribution in [3.63, 3.8) is 0 Å². The van der Waals surface area contributed by atoms with Crippen molar-refractivity contribution in [1.82, 2.24) is 9.58 Å². The number of hydrogen-bond donors (Lipinski definition) is 1. The number of aromatic nitrogens is 1.